The molecule has 2 saturated carbocycles. The van der Waals surface area contributed by atoms with Crippen LogP contribution in [0.15, 0.2) is 28.1 Å². The molecule has 1 aromatic carbocycles. The molecule has 3 aliphatic rings. The van der Waals surface area contributed by atoms with Crippen molar-refractivity contribution in [3.63, 3.8) is 0 Å². The Hall–Kier alpha value is -1.86. The van der Waals surface area contributed by atoms with E-state index < -0.39 is 4.92 Å². The molecule has 0 radical (unpaired) electrons. The Morgan fingerprint density at radius 2 is 1.77 bits per heavy atom. The summed E-state index contributed by atoms with van der Waals surface area (Å²) < 4.78 is 0. The van der Waals surface area contributed by atoms with Crippen molar-refractivity contribution < 1.29 is 9.72 Å². The third kappa shape index (κ3) is 4.72. The first-order chi connectivity index (χ1) is 14.5. The van der Waals surface area contributed by atoms with E-state index in [2.05, 4.69) is 0 Å². The number of amides is 1. The van der Waals surface area contributed by atoms with E-state index in [-0.39, 0.29) is 28.7 Å². The lowest BCUT2D eigenvalue weighted by molar-refractivity contribution is -0.384. The predicted molar refractivity (Wildman–Crippen MR) is 122 cm³/mol. The SMILES string of the molecule is O=C1C(=Cc2ccc(Cl)c([N+](=O)[O-])c2)SC(=NC2CCCCC2)N1C1CCCCC1. The maximum atomic E-state index is 13.3. The van der Waals surface area contributed by atoms with Crippen molar-refractivity contribution in [1.29, 1.82) is 0 Å². The monoisotopic (exact) mass is 447 g/mol. The molecule has 2 aliphatic carbocycles. The van der Waals surface area contributed by atoms with E-state index in [4.69, 9.17) is 16.6 Å². The fourth-order valence-electron chi connectivity index (χ4n) is 4.51. The van der Waals surface area contributed by atoms with Gasteiger partial charge in [0.1, 0.15) is 5.02 Å². The highest BCUT2D eigenvalue weighted by molar-refractivity contribution is 8.18. The van der Waals surface area contributed by atoms with Gasteiger partial charge in [0, 0.05) is 12.1 Å². The molecule has 1 aliphatic heterocycles. The van der Waals surface area contributed by atoms with Crippen molar-refractivity contribution in [3.8, 4) is 0 Å². The van der Waals surface area contributed by atoms with E-state index in [1.165, 1.54) is 49.6 Å². The Bertz CT molecular complexity index is 890. The standard InChI is InChI=1S/C22H26ClN3O3S/c23-18-12-11-15(13-19(18)26(28)29)14-20-21(27)25(17-9-5-2-6-10-17)22(30-20)24-16-7-3-1-4-8-16/h11-14,16-17H,1-10H2. The van der Waals surface area contributed by atoms with Crippen LogP contribution in [-0.2, 0) is 4.79 Å². The second-order valence-electron chi connectivity index (χ2n) is 8.25. The Morgan fingerprint density at radius 3 is 2.43 bits per heavy atom. The van der Waals surface area contributed by atoms with Crippen LogP contribution in [0.3, 0.4) is 0 Å². The van der Waals surface area contributed by atoms with Crippen molar-refractivity contribution in [1.82, 2.24) is 4.90 Å². The fraction of sp³-hybridized carbons (Fsp3) is 0.545. The Morgan fingerprint density at radius 1 is 1.10 bits per heavy atom. The lowest BCUT2D eigenvalue weighted by Gasteiger charge is -2.31. The molecule has 0 atom stereocenters. The molecule has 0 spiro atoms. The van der Waals surface area contributed by atoms with Gasteiger partial charge in [-0.15, -0.1) is 0 Å². The maximum absolute atomic E-state index is 13.3. The molecule has 0 N–H and O–H groups in total. The number of carbonyl (C=O) groups excluding carboxylic acids is 1. The average Bonchev–Trinajstić information content (AvgIpc) is 3.05. The minimum Gasteiger partial charge on any atom is -0.284 e. The van der Waals surface area contributed by atoms with E-state index in [1.54, 1.807) is 12.1 Å². The van der Waals surface area contributed by atoms with Gasteiger partial charge in [0.05, 0.1) is 15.9 Å². The highest BCUT2D eigenvalue weighted by atomic mass is 35.5. The number of aliphatic imine (C=N–C) groups is 1. The summed E-state index contributed by atoms with van der Waals surface area (Å²) >= 11 is 7.34. The summed E-state index contributed by atoms with van der Waals surface area (Å²) in [6, 6.07) is 5.12. The number of halogens is 1. The number of hydrogen-bond donors (Lipinski definition) is 0. The number of nitro groups is 1. The maximum Gasteiger partial charge on any atom is 0.288 e. The van der Waals surface area contributed by atoms with Crippen LogP contribution in [0, 0.1) is 10.1 Å². The van der Waals surface area contributed by atoms with Gasteiger partial charge < -0.3 is 0 Å². The smallest absolute Gasteiger partial charge is 0.284 e. The molecular weight excluding hydrogens is 422 g/mol. The molecule has 1 aromatic rings. The first kappa shape index (κ1) is 21.4. The highest BCUT2D eigenvalue weighted by Gasteiger charge is 2.39. The summed E-state index contributed by atoms with van der Waals surface area (Å²) in [7, 11) is 0. The van der Waals surface area contributed by atoms with Crippen LogP contribution in [0.25, 0.3) is 6.08 Å². The molecule has 1 amide bonds. The zero-order valence-corrected chi connectivity index (χ0v) is 18.5. The molecule has 4 rings (SSSR count). The molecule has 1 saturated heterocycles. The first-order valence-electron chi connectivity index (χ1n) is 10.8. The van der Waals surface area contributed by atoms with Gasteiger partial charge in [-0.05, 0) is 55.2 Å². The number of hydrogen-bond acceptors (Lipinski definition) is 5. The molecule has 3 fully saturated rings. The molecule has 8 heteroatoms. The Balaban J connectivity index is 1.65. The number of benzene rings is 1. The van der Waals surface area contributed by atoms with E-state index in [0.29, 0.717) is 10.5 Å². The van der Waals surface area contributed by atoms with Gasteiger partial charge in [0.2, 0.25) is 0 Å². The number of carbonyl (C=O) groups is 1. The van der Waals surface area contributed by atoms with Crippen LogP contribution < -0.4 is 0 Å². The van der Waals surface area contributed by atoms with Crippen molar-refractivity contribution in [2.24, 2.45) is 4.99 Å². The summed E-state index contributed by atoms with van der Waals surface area (Å²) in [6.07, 6.45) is 13.1. The first-order valence-corrected chi connectivity index (χ1v) is 12.0. The normalized spacial score (nSPS) is 24.2. The number of rotatable bonds is 4. The Labute approximate surface area is 185 Å². The molecule has 1 heterocycles. The Kier molecular flexibility index (Phi) is 6.78. The zero-order valence-electron chi connectivity index (χ0n) is 16.9. The molecule has 0 unspecified atom stereocenters. The predicted octanol–water partition coefficient (Wildman–Crippen LogP) is 6.19. The molecule has 6 nitrogen and oxygen atoms in total. The van der Waals surface area contributed by atoms with E-state index in [1.807, 2.05) is 4.90 Å². The lowest BCUT2D eigenvalue weighted by Crippen LogP contribution is -2.41. The second-order valence-corrected chi connectivity index (χ2v) is 9.67. The van der Waals surface area contributed by atoms with Gasteiger partial charge in [-0.25, -0.2) is 0 Å². The summed E-state index contributed by atoms with van der Waals surface area (Å²) in [5, 5.41) is 12.1. The van der Waals surface area contributed by atoms with E-state index >= 15 is 0 Å². The van der Waals surface area contributed by atoms with Gasteiger partial charge in [-0.3, -0.25) is 24.8 Å². The number of nitrogens with zero attached hydrogens (tertiary/aromatic N) is 3. The van der Waals surface area contributed by atoms with Crippen LogP contribution >= 0.6 is 23.4 Å². The average molecular weight is 448 g/mol. The minimum atomic E-state index is -0.502. The number of nitro benzene ring substituents is 1. The molecule has 30 heavy (non-hydrogen) atoms. The third-order valence-electron chi connectivity index (χ3n) is 6.11. The van der Waals surface area contributed by atoms with Crippen LogP contribution in [0.4, 0.5) is 5.69 Å². The van der Waals surface area contributed by atoms with Crippen molar-refractivity contribution in [3.05, 3.63) is 43.8 Å². The zero-order chi connectivity index (χ0) is 21.1. The largest absolute Gasteiger partial charge is 0.288 e. The van der Waals surface area contributed by atoms with Crippen molar-refractivity contribution in [2.75, 3.05) is 0 Å². The van der Waals surface area contributed by atoms with Crippen LogP contribution in [0.2, 0.25) is 5.02 Å². The molecule has 160 valence electrons. The van der Waals surface area contributed by atoms with Gasteiger partial charge >= 0.3 is 0 Å². The van der Waals surface area contributed by atoms with E-state index in [9.17, 15) is 14.9 Å². The molecular formula is C22H26ClN3O3S. The topological polar surface area (TPSA) is 75.8 Å². The second kappa shape index (κ2) is 9.52. The fourth-order valence-corrected chi connectivity index (χ4v) is 5.81. The van der Waals surface area contributed by atoms with Crippen LogP contribution in [0.1, 0.15) is 69.8 Å². The number of thioether (sulfide) groups is 1. The van der Waals surface area contributed by atoms with Gasteiger partial charge in [-0.2, -0.15) is 0 Å². The summed E-state index contributed by atoms with van der Waals surface area (Å²) in [5.74, 6) is -0.0286. The summed E-state index contributed by atoms with van der Waals surface area (Å²) in [5.41, 5.74) is 0.450. The van der Waals surface area contributed by atoms with Gasteiger partial charge in [0.25, 0.3) is 11.6 Å². The summed E-state index contributed by atoms with van der Waals surface area (Å²) in [6.45, 7) is 0. The third-order valence-corrected chi connectivity index (χ3v) is 7.43. The van der Waals surface area contributed by atoms with Crippen molar-refractivity contribution >= 4 is 46.2 Å². The van der Waals surface area contributed by atoms with E-state index in [0.717, 1.165) is 43.7 Å². The van der Waals surface area contributed by atoms with Gasteiger partial charge in [-0.1, -0.05) is 56.2 Å². The number of amidine groups is 1. The van der Waals surface area contributed by atoms with Crippen LogP contribution in [-0.4, -0.2) is 33.0 Å². The van der Waals surface area contributed by atoms with Gasteiger partial charge in [0.15, 0.2) is 5.17 Å². The summed E-state index contributed by atoms with van der Waals surface area (Å²) in [4.78, 5) is 31.5. The quantitative estimate of drug-likeness (QED) is 0.313. The highest BCUT2D eigenvalue weighted by Crippen LogP contribution is 2.39. The van der Waals surface area contributed by atoms with Crippen molar-refractivity contribution in [2.45, 2.75) is 76.3 Å². The lowest BCUT2D eigenvalue weighted by atomic mass is 9.94. The van der Waals surface area contributed by atoms with Crippen LogP contribution in [0.5, 0.6) is 0 Å². The minimum absolute atomic E-state index is 0.0286. The molecule has 0 aromatic heterocycles. The molecule has 0 bridgehead atoms.